The second kappa shape index (κ2) is 13.4. The van der Waals surface area contributed by atoms with Crippen molar-refractivity contribution in [1.29, 1.82) is 0 Å². The van der Waals surface area contributed by atoms with Gasteiger partial charge in [-0.25, -0.2) is 0 Å². The van der Waals surface area contributed by atoms with Gasteiger partial charge in [0.15, 0.2) is 0 Å². The monoisotopic (exact) mass is 786 g/mol. The van der Waals surface area contributed by atoms with Crippen molar-refractivity contribution in [2.24, 2.45) is 0 Å². The lowest BCUT2D eigenvalue weighted by Crippen LogP contribution is -2.59. The zero-order valence-electron chi connectivity index (χ0n) is 35.6. The van der Waals surface area contributed by atoms with Crippen LogP contribution >= 0.6 is 11.3 Å². The standard InChI is InChI=1S/C54H51BN2OS/c1-52(2,3)35-24-26-39(27-25-35)57-44-33-48-34(29-49(59-48)54(7,8)9)28-42(44)55-50-41-23-17-16-22-40(41)43(56(37-18-12-10-13-19-37)38-20-14-11-15-21-38)32-47(50)58-46-31-36(53(4,5)6)30-45(57)51(46)55/h10-33H,1-9H3. The summed E-state index contributed by atoms with van der Waals surface area (Å²) < 4.78 is 8.69. The number of hydrogen-bond acceptors (Lipinski definition) is 4. The highest BCUT2D eigenvalue weighted by molar-refractivity contribution is 7.19. The fourth-order valence-corrected chi connectivity index (χ4v) is 10.2. The number of anilines is 6. The van der Waals surface area contributed by atoms with Crippen LogP contribution in [0.2, 0.25) is 0 Å². The molecule has 0 unspecified atom stereocenters. The van der Waals surface area contributed by atoms with E-state index in [9.17, 15) is 0 Å². The van der Waals surface area contributed by atoms with E-state index in [-0.39, 0.29) is 23.0 Å². The Bertz CT molecular complexity index is 2870. The molecule has 0 amide bonds. The van der Waals surface area contributed by atoms with Gasteiger partial charge in [0.1, 0.15) is 11.5 Å². The van der Waals surface area contributed by atoms with Crippen LogP contribution in [-0.4, -0.2) is 6.71 Å². The molecule has 1 aromatic heterocycles. The maximum atomic E-state index is 7.38. The maximum absolute atomic E-state index is 7.38. The Kier molecular flexibility index (Phi) is 8.50. The maximum Gasteiger partial charge on any atom is 0.257 e. The minimum Gasteiger partial charge on any atom is -0.458 e. The Balaban J connectivity index is 1.30. The van der Waals surface area contributed by atoms with Crippen LogP contribution in [0.15, 0.2) is 146 Å². The lowest BCUT2D eigenvalue weighted by molar-refractivity contribution is 0.484. The molecular weight excluding hydrogens is 735 g/mol. The molecule has 0 saturated heterocycles. The Morgan fingerprint density at radius 2 is 1.12 bits per heavy atom. The summed E-state index contributed by atoms with van der Waals surface area (Å²) in [6.45, 7) is 20.7. The average molecular weight is 787 g/mol. The van der Waals surface area contributed by atoms with Crippen LogP contribution in [0.1, 0.15) is 78.3 Å². The molecular formula is C54H51BN2OS. The van der Waals surface area contributed by atoms with E-state index in [1.54, 1.807) is 0 Å². The third-order valence-electron chi connectivity index (χ3n) is 12.3. The van der Waals surface area contributed by atoms with Gasteiger partial charge in [0, 0.05) is 49.5 Å². The van der Waals surface area contributed by atoms with Crippen LogP contribution in [0.5, 0.6) is 11.5 Å². The van der Waals surface area contributed by atoms with Crippen LogP contribution in [0.3, 0.4) is 0 Å². The summed E-state index contributed by atoms with van der Waals surface area (Å²) in [6.07, 6.45) is 0. The largest absolute Gasteiger partial charge is 0.458 e. The van der Waals surface area contributed by atoms with Gasteiger partial charge in [-0.3, -0.25) is 0 Å². The van der Waals surface area contributed by atoms with Gasteiger partial charge in [0.2, 0.25) is 0 Å². The van der Waals surface area contributed by atoms with E-state index in [4.69, 9.17) is 4.74 Å². The zero-order chi connectivity index (χ0) is 41.0. The molecule has 0 radical (unpaired) electrons. The first-order chi connectivity index (χ1) is 28.1. The van der Waals surface area contributed by atoms with Gasteiger partial charge < -0.3 is 14.5 Å². The second-order valence-corrected chi connectivity index (χ2v) is 20.6. The number of thiophene rings is 1. The van der Waals surface area contributed by atoms with Crippen molar-refractivity contribution >= 4 is 89.4 Å². The molecule has 0 spiro atoms. The third-order valence-corrected chi connectivity index (χ3v) is 13.8. The molecule has 3 nitrogen and oxygen atoms in total. The number of nitrogens with zero attached hydrogens (tertiary/aromatic N) is 2. The minimum absolute atomic E-state index is 0.0473. The molecule has 8 aromatic rings. The Morgan fingerprint density at radius 3 is 1.73 bits per heavy atom. The van der Waals surface area contributed by atoms with Crippen molar-refractivity contribution in [3.05, 3.63) is 162 Å². The molecule has 59 heavy (non-hydrogen) atoms. The molecule has 5 heteroatoms. The van der Waals surface area contributed by atoms with E-state index >= 15 is 0 Å². The average Bonchev–Trinajstić information content (AvgIpc) is 3.64. The molecule has 2 aliphatic rings. The molecule has 0 atom stereocenters. The molecule has 0 aliphatic carbocycles. The SMILES string of the molecule is CC(C)(C)c1ccc(N2c3cc4sc(C(C)(C)C)cc4cc3B3c4c(cc(C(C)(C)C)cc42)Oc2cc(N(c4ccccc4)c4ccccc4)c4ccccc4c23)cc1. The normalized spacial score (nSPS) is 13.6. The van der Waals surface area contributed by atoms with E-state index in [0.29, 0.717) is 0 Å². The molecule has 0 bridgehead atoms. The van der Waals surface area contributed by atoms with Crippen LogP contribution in [0, 0.1) is 0 Å². The van der Waals surface area contributed by atoms with Crippen LogP contribution in [0.25, 0.3) is 20.9 Å². The molecule has 0 N–H and O–H groups in total. The topological polar surface area (TPSA) is 15.7 Å². The van der Waals surface area contributed by atoms with Gasteiger partial charge in [-0.15, -0.1) is 11.3 Å². The highest BCUT2D eigenvalue weighted by atomic mass is 32.1. The summed E-state index contributed by atoms with van der Waals surface area (Å²) in [7, 11) is 0. The van der Waals surface area contributed by atoms with Crippen molar-refractivity contribution in [2.75, 3.05) is 9.80 Å². The zero-order valence-corrected chi connectivity index (χ0v) is 36.5. The number of fused-ring (bicyclic) bond motifs is 7. The molecule has 10 rings (SSSR count). The summed E-state index contributed by atoms with van der Waals surface area (Å²) in [5.41, 5.74) is 13.2. The Hall–Kier alpha value is -5.78. The summed E-state index contributed by atoms with van der Waals surface area (Å²) >= 11 is 1.93. The van der Waals surface area contributed by atoms with Gasteiger partial charge in [0.25, 0.3) is 6.71 Å². The summed E-state index contributed by atoms with van der Waals surface area (Å²) in [4.78, 5) is 6.30. The third kappa shape index (κ3) is 6.25. The fourth-order valence-electron chi connectivity index (χ4n) is 9.09. The van der Waals surface area contributed by atoms with E-state index in [0.717, 1.165) is 34.2 Å². The lowest BCUT2D eigenvalue weighted by atomic mass is 9.33. The van der Waals surface area contributed by atoms with Gasteiger partial charge in [-0.1, -0.05) is 141 Å². The molecule has 2 aliphatic heterocycles. The first-order valence-corrected chi connectivity index (χ1v) is 21.8. The van der Waals surface area contributed by atoms with E-state index in [2.05, 4.69) is 218 Å². The van der Waals surface area contributed by atoms with Crippen molar-refractivity contribution in [3.8, 4) is 11.5 Å². The number of benzene rings is 7. The quantitative estimate of drug-likeness (QED) is 0.165. The first kappa shape index (κ1) is 37.5. The smallest absolute Gasteiger partial charge is 0.257 e. The van der Waals surface area contributed by atoms with Crippen molar-refractivity contribution in [1.82, 2.24) is 0 Å². The number of hydrogen-bond donors (Lipinski definition) is 0. The summed E-state index contributed by atoms with van der Waals surface area (Å²) in [6, 6.07) is 54.1. The number of ether oxygens (including phenoxy) is 1. The molecule has 292 valence electrons. The Labute approximate surface area is 354 Å². The molecule has 3 heterocycles. The van der Waals surface area contributed by atoms with Gasteiger partial charge >= 0.3 is 0 Å². The predicted octanol–water partition coefficient (Wildman–Crippen LogP) is 13.8. The predicted molar refractivity (Wildman–Crippen MR) is 256 cm³/mol. The summed E-state index contributed by atoms with van der Waals surface area (Å²) in [5.74, 6) is 1.83. The first-order valence-electron chi connectivity index (χ1n) is 21.0. The lowest BCUT2D eigenvalue weighted by Gasteiger charge is -2.42. The van der Waals surface area contributed by atoms with E-state index < -0.39 is 0 Å². The Morgan fingerprint density at radius 1 is 0.525 bits per heavy atom. The van der Waals surface area contributed by atoms with Crippen LogP contribution in [-0.2, 0) is 16.2 Å². The number of rotatable bonds is 4. The van der Waals surface area contributed by atoms with Crippen molar-refractivity contribution in [2.45, 2.75) is 78.6 Å². The van der Waals surface area contributed by atoms with Crippen LogP contribution in [0.4, 0.5) is 34.1 Å². The van der Waals surface area contributed by atoms with Crippen molar-refractivity contribution in [3.63, 3.8) is 0 Å². The minimum atomic E-state index is -0.113. The van der Waals surface area contributed by atoms with Gasteiger partial charge in [-0.2, -0.15) is 0 Å². The van der Waals surface area contributed by atoms with Crippen molar-refractivity contribution < 1.29 is 4.74 Å². The van der Waals surface area contributed by atoms with E-state index in [1.807, 2.05) is 11.3 Å². The second-order valence-electron chi connectivity index (χ2n) is 19.5. The molecule has 0 saturated carbocycles. The molecule has 0 fully saturated rings. The van der Waals surface area contributed by atoms with Crippen LogP contribution < -0.4 is 30.9 Å². The number of para-hydroxylation sites is 2. The molecule has 7 aromatic carbocycles. The van der Waals surface area contributed by atoms with E-state index in [1.165, 1.54) is 64.6 Å². The summed E-state index contributed by atoms with van der Waals surface area (Å²) in [5, 5.41) is 3.69. The highest BCUT2D eigenvalue weighted by Gasteiger charge is 2.44. The fraction of sp³-hybridized carbons (Fsp3) is 0.222. The highest BCUT2D eigenvalue weighted by Crippen LogP contribution is 2.48. The van der Waals surface area contributed by atoms with Gasteiger partial charge in [0.05, 0.1) is 5.69 Å². The van der Waals surface area contributed by atoms with Gasteiger partial charge in [-0.05, 0) is 115 Å².